The second-order valence-corrected chi connectivity index (χ2v) is 9.71. The molecular weight excluding hydrogens is 446 g/mol. The van der Waals surface area contributed by atoms with Crippen molar-refractivity contribution in [1.82, 2.24) is 14.7 Å². The zero-order valence-corrected chi connectivity index (χ0v) is 20.2. The van der Waals surface area contributed by atoms with Crippen molar-refractivity contribution in [2.45, 2.75) is 19.2 Å². The number of carbonyl (C=O) groups excluding carboxylic acids is 1. The summed E-state index contributed by atoms with van der Waals surface area (Å²) in [4.78, 5) is 19.0. The van der Waals surface area contributed by atoms with Crippen LogP contribution in [-0.4, -0.2) is 60.6 Å². The van der Waals surface area contributed by atoms with Crippen LogP contribution in [-0.2, 0) is 17.8 Å². The minimum Gasteiger partial charge on any atom is -0.439 e. The highest BCUT2D eigenvalue weighted by Gasteiger charge is 2.32. The molecule has 0 radical (unpaired) electrons. The zero-order valence-electron chi connectivity index (χ0n) is 19.5. The summed E-state index contributed by atoms with van der Waals surface area (Å²) in [6.07, 6.45) is -0.534. The van der Waals surface area contributed by atoms with E-state index in [1.54, 1.807) is 4.90 Å². The number of ether oxygens (including phenoxy) is 1. The molecule has 34 heavy (non-hydrogen) atoms. The molecule has 1 atom stereocenters. The lowest BCUT2D eigenvalue weighted by atomic mass is 10.0. The van der Waals surface area contributed by atoms with E-state index in [9.17, 15) is 4.79 Å². The van der Waals surface area contributed by atoms with E-state index in [-0.39, 0.29) is 12.2 Å². The van der Waals surface area contributed by atoms with Gasteiger partial charge in [0.2, 0.25) is 0 Å². The van der Waals surface area contributed by atoms with Gasteiger partial charge in [-0.1, -0.05) is 72.3 Å². The van der Waals surface area contributed by atoms with Crippen LogP contribution in [0.2, 0.25) is 5.02 Å². The highest BCUT2D eigenvalue weighted by molar-refractivity contribution is 6.30. The van der Waals surface area contributed by atoms with Gasteiger partial charge in [-0.15, -0.1) is 0 Å². The molecule has 0 spiro atoms. The Morgan fingerprint density at radius 2 is 1.35 bits per heavy atom. The third-order valence-corrected chi connectivity index (χ3v) is 7.00. The van der Waals surface area contributed by atoms with E-state index in [2.05, 4.69) is 65.4 Å². The molecule has 3 aromatic rings. The fraction of sp³-hybridized carbons (Fsp3) is 0.321. The molecule has 2 fully saturated rings. The molecule has 2 saturated heterocycles. The van der Waals surface area contributed by atoms with Gasteiger partial charge in [-0.3, -0.25) is 9.80 Å². The first-order chi connectivity index (χ1) is 16.5. The molecule has 0 aromatic heterocycles. The van der Waals surface area contributed by atoms with Crippen LogP contribution in [0.4, 0.5) is 4.79 Å². The lowest BCUT2D eigenvalue weighted by molar-refractivity contribution is 0.132. The van der Waals surface area contributed by atoms with E-state index in [4.69, 9.17) is 16.3 Å². The molecular formula is C28H30ClN3O2. The van der Waals surface area contributed by atoms with Crippen molar-refractivity contribution in [1.29, 1.82) is 0 Å². The molecule has 3 aromatic carbocycles. The van der Waals surface area contributed by atoms with Gasteiger partial charge < -0.3 is 9.64 Å². The van der Waals surface area contributed by atoms with Gasteiger partial charge in [-0.2, -0.15) is 0 Å². The molecule has 0 unspecified atom stereocenters. The summed E-state index contributed by atoms with van der Waals surface area (Å²) in [5.41, 5.74) is 5.79. The SMILES string of the molecule is CN1CCN(Cc2ccc(-c3ccc(CN4C[C@@H](c5ccc(Cl)cc5)OC4=O)cc3)cc2)CC1. The molecule has 2 aliphatic rings. The quantitative estimate of drug-likeness (QED) is 0.475. The van der Waals surface area contributed by atoms with Gasteiger partial charge in [0, 0.05) is 44.3 Å². The summed E-state index contributed by atoms with van der Waals surface area (Å²) >= 11 is 5.97. The first-order valence-corrected chi connectivity index (χ1v) is 12.2. The number of benzene rings is 3. The largest absolute Gasteiger partial charge is 0.439 e. The van der Waals surface area contributed by atoms with Crippen LogP contribution in [0.5, 0.6) is 0 Å². The van der Waals surface area contributed by atoms with Crippen molar-refractivity contribution >= 4 is 17.7 Å². The van der Waals surface area contributed by atoms with Gasteiger partial charge in [-0.25, -0.2) is 4.79 Å². The molecule has 0 N–H and O–H groups in total. The van der Waals surface area contributed by atoms with Crippen LogP contribution < -0.4 is 0 Å². The summed E-state index contributed by atoms with van der Waals surface area (Å²) in [5, 5.41) is 0.676. The van der Waals surface area contributed by atoms with Crippen LogP contribution in [0.1, 0.15) is 22.8 Å². The van der Waals surface area contributed by atoms with Crippen molar-refractivity contribution in [3.05, 3.63) is 94.5 Å². The predicted octanol–water partition coefficient (Wildman–Crippen LogP) is 5.45. The van der Waals surface area contributed by atoms with Crippen molar-refractivity contribution in [2.75, 3.05) is 39.8 Å². The number of hydrogen-bond acceptors (Lipinski definition) is 4. The molecule has 5 rings (SSSR count). The van der Waals surface area contributed by atoms with Gasteiger partial charge in [-0.05, 0) is 47.0 Å². The summed E-state index contributed by atoms with van der Waals surface area (Å²) in [7, 11) is 2.19. The monoisotopic (exact) mass is 475 g/mol. The van der Waals surface area contributed by atoms with Gasteiger partial charge in [0.25, 0.3) is 0 Å². The molecule has 0 saturated carbocycles. The van der Waals surface area contributed by atoms with E-state index >= 15 is 0 Å². The summed E-state index contributed by atoms with van der Waals surface area (Å²) < 4.78 is 5.57. The molecule has 2 aliphatic heterocycles. The highest BCUT2D eigenvalue weighted by Crippen LogP contribution is 2.29. The molecule has 0 bridgehead atoms. The number of halogens is 1. The zero-order chi connectivity index (χ0) is 23.5. The van der Waals surface area contributed by atoms with Gasteiger partial charge in [0.15, 0.2) is 0 Å². The molecule has 2 heterocycles. The Bertz CT molecular complexity index is 1110. The fourth-order valence-electron chi connectivity index (χ4n) is 4.58. The first kappa shape index (κ1) is 22.9. The lowest BCUT2D eigenvalue weighted by Crippen LogP contribution is -2.43. The van der Waals surface area contributed by atoms with Crippen LogP contribution in [0.3, 0.4) is 0 Å². The maximum absolute atomic E-state index is 12.4. The second-order valence-electron chi connectivity index (χ2n) is 9.28. The number of nitrogens with zero attached hydrogens (tertiary/aromatic N) is 3. The maximum Gasteiger partial charge on any atom is 0.410 e. The first-order valence-electron chi connectivity index (χ1n) is 11.8. The number of carbonyl (C=O) groups is 1. The minimum absolute atomic E-state index is 0.256. The average molecular weight is 476 g/mol. The maximum atomic E-state index is 12.4. The second kappa shape index (κ2) is 10.2. The van der Waals surface area contributed by atoms with Crippen LogP contribution in [0, 0.1) is 0 Å². The Balaban J connectivity index is 1.18. The fourth-order valence-corrected chi connectivity index (χ4v) is 4.70. The number of rotatable bonds is 6. The number of cyclic esters (lactones) is 1. The molecule has 0 aliphatic carbocycles. The third-order valence-electron chi connectivity index (χ3n) is 6.75. The number of amides is 1. The van der Waals surface area contributed by atoms with E-state index < -0.39 is 0 Å². The van der Waals surface area contributed by atoms with E-state index in [1.165, 1.54) is 16.7 Å². The molecule has 1 amide bonds. The van der Waals surface area contributed by atoms with Gasteiger partial charge in [0.1, 0.15) is 6.10 Å². The Kier molecular flexibility index (Phi) is 6.86. The Labute approximate surface area is 206 Å². The van der Waals surface area contributed by atoms with E-state index in [1.807, 2.05) is 24.3 Å². The van der Waals surface area contributed by atoms with Crippen LogP contribution in [0.25, 0.3) is 11.1 Å². The Morgan fingerprint density at radius 3 is 1.94 bits per heavy atom. The van der Waals surface area contributed by atoms with E-state index in [0.29, 0.717) is 18.1 Å². The standard InChI is InChI=1S/C28H30ClN3O2/c1-30-14-16-31(17-15-30)18-21-2-6-23(7-3-21)24-8-4-22(5-9-24)19-32-20-27(34-28(32)33)25-10-12-26(29)13-11-25/h2-13,27H,14-20H2,1H3/t27-/m0/s1. The highest BCUT2D eigenvalue weighted by atomic mass is 35.5. The predicted molar refractivity (Wildman–Crippen MR) is 136 cm³/mol. The number of likely N-dealkylation sites (N-methyl/N-ethyl adjacent to an activating group) is 1. The van der Waals surface area contributed by atoms with Gasteiger partial charge >= 0.3 is 6.09 Å². The smallest absolute Gasteiger partial charge is 0.410 e. The average Bonchev–Trinajstić information content (AvgIpc) is 3.22. The normalized spacial score (nSPS) is 19.4. The number of hydrogen-bond donors (Lipinski definition) is 0. The summed E-state index contributed by atoms with van der Waals surface area (Å²) in [5.74, 6) is 0. The van der Waals surface area contributed by atoms with Crippen molar-refractivity contribution in [2.24, 2.45) is 0 Å². The van der Waals surface area contributed by atoms with Crippen LogP contribution >= 0.6 is 11.6 Å². The minimum atomic E-state index is -0.278. The van der Waals surface area contributed by atoms with Crippen molar-refractivity contribution < 1.29 is 9.53 Å². The van der Waals surface area contributed by atoms with Crippen LogP contribution in [0.15, 0.2) is 72.8 Å². The van der Waals surface area contributed by atoms with Crippen molar-refractivity contribution in [3.8, 4) is 11.1 Å². The Hall–Kier alpha value is -2.86. The third kappa shape index (κ3) is 5.44. The topological polar surface area (TPSA) is 36.0 Å². The molecule has 6 heteroatoms. The van der Waals surface area contributed by atoms with Crippen molar-refractivity contribution in [3.63, 3.8) is 0 Å². The van der Waals surface area contributed by atoms with Gasteiger partial charge in [0.05, 0.1) is 6.54 Å². The summed E-state index contributed by atoms with van der Waals surface area (Å²) in [6, 6.07) is 24.8. The molecule has 5 nitrogen and oxygen atoms in total. The number of piperazine rings is 1. The molecule has 176 valence electrons. The lowest BCUT2D eigenvalue weighted by Gasteiger charge is -2.32. The van der Waals surface area contributed by atoms with E-state index in [0.717, 1.165) is 43.9 Å². The summed E-state index contributed by atoms with van der Waals surface area (Å²) in [6.45, 7) is 6.62. The Morgan fingerprint density at radius 1 is 0.794 bits per heavy atom.